The Labute approximate surface area is 199 Å². The zero-order valence-corrected chi connectivity index (χ0v) is 21.4. The average molecular weight is 463 g/mol. The molecular formula is C26H44N3O4+. The third kappa shape index (κ3) is 7.71. The van der Waals surface area contributed by atoms with Crippen molar-refractivity contribution in [2.75, 3.05) is 61.0 Å². The van der Waals surface area contributed by atoms with Gasteiger partial charge in [0.15, 0.2) is 0 Å². The van der Waals surface area contributed by atoms with E-state index in [1.165, 1.54) is 0 Å². The lowest BCUT2D eigenvalue weighted by Gasteiger charge is -2.30. The van der Waals surface area contributed by atoms with Crippen LogP contribution in [-0.2, 0) is 9.59 Å². The lowest BCUT2D eigenvalue weighted by atomic mass is 9.84. The van der Waals surface area contributed by atoms with E-state index in [-0.39, 0.29) is 24.4 Å². The van der Waals surface area contributed by atoms with Crippen molar-refractivity contribution in [2.24, 2.45) is 5.92 Å². The van der Waals surface area contributed by atoms with Gasteiger partial charge in [-0.05, 0) is 30.5 Å². The summed E-state index contributed by atoms with van der Waals surface area (Å²) in [6.45, 7) is 7.54. The molecule has 7 nitrogen and oxygen atoms in total. The smallest absolute Gasteiger partial charge is 0.308 e. The molecule has 0 unspecified atom stereocenters. The summed E-state index contributed by atoms with van der Waals surface area (Å²) in [6.07, 6.45) is 3.69. The molecule has 1 heterocycles. The van der Waals surface area contributed by atoms with Gasteiger partial charge in [-0.15, -0.1) is 0 Å². The van der Waals surface area contributed by atoms with Crippen molar-refractivity contribution in [1.29, 1.82) is 0 Å². The van der Waals surface area contributed by atoms with Crippen molar-refractivity contribution in [2.45, 2.75) is 51.5 Å². The lowest BCUT2D eigenvalue weighted by molar-refractivity contribution is -0.870. The summed E-state index contributed by atoms with van der Waals surface area (Å²) in [5, 5.41) is 10.1. The Hall–Kier alpha value is -2.12. The summed E-state index contributed by atoms with van der Waals surface area (Å²) in [5.74, 6) is -0.596. The second-order valence-corrected chi connectivity index (χ2v) is 10.3. The van der Waals surface area contributed by atoms with Crippen LogP contribution in [0.3, 0.4) is 0 Å². The van der Waals surface area contributed by atoms with Gasteiger partial charge in [-0.2, -0.15) is 0 Å². The highest BCUT2D eigenvalue weighted by Crippen LogP contribution is 2.39. The summed E-state index contributed by atoms with van der Waals surface area (Å²) in [4.78, 5) is 29.7. The highest BCUT2D eigenvalue weighted by molar-refractivity contribution is 5.79. The molecule has 1 N–H and O–H groups in total. The molecule has 1 aromatic carbocycles. The second kappa shape index (κ2) is 12.4. The lowest BCUT2D eigenvalue weighted by Crippen LogP contribution is -2.45. The molecule has 3 atom stereocenters. The fraction of sp³-hybridized carbons (Fsp3) is 0.692. The minimum atomic E-state index is -0.789. The standard InChI is InChI=1S/C26H43N3O4/c1-7-9-15-27(16-10-17-29(3,4)5)24(30)19-28-18-22(25(26(31)32)23(28)8-2)20-11-13-21(33-6)14-12-20/h11-14,22-23,25H,7-10,15-19H2,1-6H3/p+1/t22-,23+,25-/m1/s1. The van der Waals surface area contributed by atoms with E-state index < -0.39 is 11.9 Å². The maximum absolute atomic E-state index is 13.3. The number of aliphatic carboxylic acids is 1. The summed E-state index contributed by atoms with van der Waals surface area (Å²) in [7, 11) is 8.12. The number of nitrogens with zero attached hydrogens (tertiary/aromatic N) is 3. The summed E-state index contributed by atoms with van der Waals surface area (Å²) >= 11 is 0. The van der Waals surface area contributed by atoms with E-state index in [4.69, 9.17) is 4.74 Å². The summed E-state index contributed by atoms with van der Waals surface area (Å²) in [5.41, 5.74) is 0.988. The third-order valence-corrected chi connectivity index (χ3v) is 6.73. The van der Waals surface area contributed by atoms with Gasteiger partial charge in [0.25, 0.3) is 0 Å². The Balaban J connectivity index is 2.16. The molecule has 1 aliphatic heterocycles. The van der Waals surface area contributed by atoms with Gasteiger partial charge in [-0.1, -0.05) is 32.4 Å². The van der Waals surface area contributed by atoms with Gasteiger partial charge in [0.05, 0.1) is 47.3 Å². The van der Waals surface area contributed by atoms with E-state index in [1.54, 1.807) is 7.11 Å². The van der Waals surface area contributed by atoms with E-state index in [2.05, 4.69) is 33.0 Å². The van der Waals surface area contributed by atoms with Crippen molar-refractivity contribution >= 4 is 11.9 Å². The fourth-order valence-electron chi connectivity index (χ4n) is 4.91. The number of hydrogen-bond donors (Lipinski definition) is 1. The number of carbonyl (C=O) groups is 2. The molecule has 1 saturated heterocycles. The number of likely N-dealkylation sites (tertiary alicyclic amines) is 1. The first-order valence-corrected chi connectivity index (χ1v) is 12.3. The number of ether oxygens (including phenoxy) is 1. The van der Waals surface area contributed by atoms with Crippen LogP contribution in [0.4, 0.5) is 0 Å². The zero-order valence-electron chi connectivity index (χ0n) is 21.4. The molecule has 0 spiro atoms. The predicted octanol–water partition coefficient (Wildman–Crippen LogP) is 3.30. The normalized spacial score (nSPS) is 21.2. The SMILES string of the molecule is CCCCN(CCC[N+](C)(C)C)C(=O)CN1C[C@H](c2ccc(OC)cc2)[C@@H](C(=O)O)[C@@H]1CC. The number of methoxy groups -OCH3 is 1. The van der Waals surface area contributed by atoms with Crippen LogP contribution in [-0.4, -0.2) is 98.3 Å². The van der Waals surface area contributed by atoms with Crippen LogP contribution < -0.4 is 4.74 Å². The number of carbonyl (C=O) groups excluding carboxylic acids is 1. The average Bonchev–Trinajstić information content (AvgIpc) is 3.13. The van der Waals surface area contributed by atoms with Crippen molar-refractivity contribution < 1.29 is 23.9 Å². The molecule has 186 valence electrons. The molecule has 7 heteroatoms. The largest absolute Gasteiger partial charge is 0.497 e. The Morgan fingerprint density at radius 1 is 1.12 bits per heavy atom. The van der Waals surface area contributed by atoms with Crippen LogP contribution >= 0.6 is 0 Å². The van der Waals surface area contributed by atoms with E-state index in [0.717, 1.165) is 54.7 Å². The van der Waals surface area contributed by atoms with Crippen LogP contribution in [0.5, 0.6) is 5.75 Å². The summed E-state index contributed by atoms with van der Waals surface area (Å²) < 4.78 is 6.13. The van der Waals surface area contributed by atoms with Crippen LogP contribution in [0.25, 0.3) is 0 Å². The number of carboxylic acids is 1. The van der Waals surface area contributed by atoms with Crippen LogP contribution in [0.15, 0.2) is 24.3 Å². The van der Waals surface area contributed by atoms with E-state index in [1.807, 2.05) is 36.1 Å². The minimum Gasteiger partial charge on any atom is -0.497 e. The molecule has 2 rings (SSSR count). The van der Waals surface area contributed by atoms with E-state index in [9.17, 15) is 14.7 Å². The molecule has 1 amide bonds. The molecule has 1 aromatic rings. The Kier molecular flexibility index (Phi) is 10.2. The Morgan fingerprint density at radius 3 is 2.27 bits per heavy atom. The highest BCUT2D eigenvalue weighted by Gasteiger charge is 2.46. The number of carboxylic acid groups (broad SMARTS) is 1. The van der Waals surface area contributed by atoms with Gasteiger partial charge in [0, 0.05) is 38.0 Å². The second-order valence-electron chi connectivity index (χ2n) is 10.3. The zero-order chi connectivity index (χ0) is 24.6. The first-order chi connectivity index (χ1) is 15.6. The first-order valence-electron chi connectivity index (χ1n) is 12.3. The van der Waals surface area contributed by atoms with Gasteiger partial charge in [0.1, 0.15) is 5.75 Å². The number of benzene rings is 1. The van der Waals surface area contributed by atoms with Gasteiger partial charge >= 0.3 is 5.97 Å². The quantitative estimate of drug-likeness (QED) is 0.456. The van der Waals surface area contributed by atoms with Gasteiger partial charge in [-0.3, -0.25) is 14.5 Å². The van der Waals surface area contributed by atoms with Crippen LogP contribution in [0.2, 0.25) is 0 Å². The van der Waals surface area contributed by atoms with Crippen LogP contribution in [0.1, 0.15) is 51.0 Å². The monoisotopic (exact) mass is 462 g/mol. The van der Waals surface area contributed by atoms with Crippen molar-refractivity contribution in [3.8, 4) is 5.75 Å². The van der Waals surface area contributed by atoms with Crippen molar-refractivity contribution in [3.05, 3.63) is 29.8 Å². The first kappa shape index (κ1) is 27.1. The van der Waals surface area contributed by atoms with Gasteiger partial charge in [0.2, 0.25) is 5.91 Å². The van der Waals surface area contributed by atoms with Gasteiger partial charge in [-0.25, -0.2) is 0 Å². The predicted molar refractivity (Wildman–Crippen MR) is 132 cm³/mol. The molecule has 1 fully saturated rings. The number of unbranched alkanes of at least 4 members (excludes halogenated alkanes) is 1. The molecule has 1 aliphatic rings. The van der Waals surface area contributed by atoms with E-state index in [0.29, 0.717) is 13.0 Å². The Morgan fingerprint density at radius 2 is 1.76 bits per heavy atom. The molecular weight excluding hydrogens is 418 g/mol. The fourth-order valence-corrected chi connectivity index (χ4v) is 4.91. The topological polar surface area (TPSA) is 70.1 Å². The highest BCUT2D eigenvalue weighted by atomic mass is 16.5. The molecule has 0 saturated carbocycles. The molecule has 0 bridgehead atoms. The molecule has 33 heavy (non-hydrogen) atoms. The number of amides is 1. The summed E-state index contributed by atoms with van der Waals surface area (Å²) in [6, 6.07) is 7.51. The third-order valence-electron chi connectivity index (χ3n) is 6.73. The van der Waals surface area contributed by atoms with Crippen molar-refractivity contribution in [1.82, 2.24) is 9.80 Å². The van der Waals surface area contributed by atoms with Crippen molar-refractivity contribution in [3.63, 3.8) is 0 Å². The molecule has 0 radical (unpaired) electrons. The maximum Gasteiger partial charge on any atom is 0.308 e. The molecule has 0 aliphatic carbocycles. The maximum atomic E-state index is 13.3. The van der Waals surface area contributed by atoms with Crippen LogP contribution in [0, 0.1) is 5.92 Å². The number of rotatable bonds is 13. The van der Waals surface area contributed by atoms with E-state index >= 15 is 0 Å². The Bertz CT molecular complexity index is 760. The molecule has 0 aromatic heterocycles. The number of quaternary nitrogens is 1. The number of hydrogen-bond acceptors (Lipinski definition) is 4. The minimum absolute atomic E-state index is 0.114. The van der Waals surface area contributed by atoms with Gasteiger partial charge < -0.3 is 19.2 Å².